The van der Waals surface area contributed by atoms with Crippen LogP contribution in [0.3, 0.4) is 0 Å². The van der Waals surface area contributed by atoms with E-state index < -0.39 is 0 Å². The summed E-state index contributed by atoms with van der Waals surface area (Å²) in [4.78, 5) is 30.3. The lowest BCUT2D eigenvalue weighted by molar-refractivity contribution is 0.0704. The Kier molecular flexibility index (Phi) is 4.93. The summed E-state index contributed by atoms with van der Waals surface area (Å²) < 4.78 is 4.98. The molecular weight excluding hydrogens is 346 g/mol. The number of amides is 1. The fraction of sp³-hybridized carbons (Fsp3) is 0.556. The molecule has 9 nitrogen and oxygen atoms in total. The van der Waals surface area contributed by atoms with Gasteiger partial charge in [0.1, 0.15) is 17.5 Å². The van der Waals surface area contributed by atoms with E-state index in [1.807, 2.05) is 6.92 Å². The second-order valence-corrected chi connectivity index (χ2v) is 7.08. The van der Waals surface area contributed by atoms with Gasteiger partial charge < -0.3 is 24.1 Å². The zero-order chi connectivity index (χ0) is 18.8. The molecule has 0 bridgehead atoms. The van der Waals surface area contributed by atoms with E-state index in [1.54, 1.807) is 11.0 Å². The van der Waals surface area contributed by atoms with Crippen LogP contribution in [0.1, 0.15) is 16.4 Å². The molecule has 0 unspecified atom stereocenters. The summed E-state index contributed by atoms with van der Waals surface area (Å²) in [6.45, 7) is 8.71. The molecule has 1 amide bonds. The number of rotatable bonds is 3. The second kappa shape index (κ2) is 7.51. The summed E-state index contributed by atoms with van der Waals surface area (Å²) >= 11 is 0. The molecule has 0 atom stereocenters. The summed E-state index contributed by atoms with van der Waals surface area (Å²) in [5, 5.41) is 3.61. The maximum atomic E-state index is 12.4. The van der Waals surface area contributed by atoms with Crippen molar-refractivity contribution >= 4 is 17.5 Å². The van der Waals surface area contributed by atoms with Gasteiger partial charge in [0, 0.05) is 64.5 Å². The molecule has 4 heterocycles. The van der Waals surface area contributed by atoms with Crippen molar-refractivity contribution in [1.82, 2.24) is 24.9 Å². The fourth-order valence-corrected chi connectivity index (χ4v) is 3.52. The molecule has 9 heteroatoms. The minimum absolute atomic E-state index is 0.107. The lowest BCUT2D eigenvalue weighted by Gasteiger charge is -2.36. The topological polar surface area (TPSA) is 81.8 Å². The smallest absolute Gasteiger partial charge is 0.292 e. The third-order valence-corrected chi connectivity index (χ3v) is 5.18. The van der Waals surface area contributed by atoms with Crippen LogP contribution < -0.4 is 9.80 Å². The molecule has 0 saturated carbocycles. The molecule has 2 aliphatic rings. The molecule has 0 N–H and O–H groups in total. The van der Waals surface area contributed by atoms with E-state index in [9.17, 15) is 4.79 Å². The van der Waals surface area contributed by atoms with Crippen molar-refractivity contribution in [3.63, 3.8) is 0 Å². The summed E-state index contributed by atoms with van der Waals surface area (Å²) in [6, 6.07) is 3.68. The second-order valence-electron chi connectivity index (χ2n) is 7.08. The molecule has 0 aliphatic carbocycles. The molecule has 27 heavy (non-hydrogen) atoms. The quantitative estimate of drug-likeness (QED) is 0.771. The molecule has 0 aromatic carbocycles. The van der Waals surface area contributed by atoms with Crippen LogP contribution in [0.2, 0.25) is 0 Å². The van der Waals surface area contributed by atoms with Gasteiger partial charge in [-0.2, -0.15) is 0 Å². The molecule has 2 aromatic heterocycles. The summed E-state index contributed by atoms with van der Waals surface area (Å²) in [6.07, 6.45) is 1.49. The first-order valence-corrected chi connectivity index (χ1v) is 9.34. The Hall–Kier alpha value is -2.68. The van der Waals surface area contributed by atoms with Crippen molar-refractivity contribution in [2.45, 2.75) is 6.92 Å². The van der Waals surface area contributed by atoms with Gasteiger partial charge in [0.2, 0.25) is 5.76 Å². The molecule has 0 spiro atoms. The largest absolute Gasteiger partial charge is 0.354 e. The van der Waals surface area contributed by atoms with Crippen LogP contribution in [-0.4, -0.2) is 90.2 Å². The Balaban J connectivity index is 1.43. The van der Waals surface area contributed by atoms with Crippen molar-refractivity contribution < 1.29 is 9.32 Å². The number of nitrogens with zero attached hydrogens (tertiary/aromatic N) is 7. The van der Waals surface area contributed by atoms with Crippen LogP contribution in [0, 0.1) is 6.92 Å². The van der Waals surface area contributed by atoms with Crippen molar-refractivity contribution in [2.24, 2.45) is 0 Å². The number of piperazine rings is 2. The van der Waals surface area contributed by atoms with Gasteiger partial charge in [-0.05, 0) is 14.0 Å². The third-order valence-electron chi connectivity index (χ3n) is 5.18. The highest BCUT2D eigenvalue weighted by Crippen LogP contribution is 2.22. The number of hydrogen-bond acceptors (Lipinski definition) is 8. The SMILES string of the molecule is Cc1nc(N2CCN(C)CC2)cc(N2CCN(C(=O)c3ccno3)CC2)n1. The first kappa shape index (κ1) is 17.7. The van der Waals surface area contributed by atoms with E-state index in [4.69, 9.17) is 4.52 Å². The summed E-state index contributed by atoms with van der Waals surface area (Å²) in [5.41, 5.74) is 0. The van der Waals surface area contributed by atoms with Crippen molar-refractivity contribution in [3.8, 4) is 0 Å². The number of hydrogen-bond donors (Lipinski definition) is 0. The highest BCUT2D eigenvalue weighted by atomic mass is 16.5. The molecular formula is C18H25N7O2. The predicted octanol–water partition coefficient (Wildman–Crippen LogP) is 0.487. The average molecular weight is 371 g/mol. The first-order chi connectivity index (χ1) is 13.1. The molecule has 4 rings (SSSR count). The van der Waals surface area contributed by atoms with Gasteiger partial charge in [-0.15, -0.1) is 0 Å². The predicted molar refractivity (Wildman–Crippen MR) is 101 cm³/mol. The molecule has 2 fully saturated rings. The van der Waals surface area contributed by atoms with Gasteiger partial charge in [0.05, 0.1) is 6.20 Å². The van der Waals surface area contributed by atoms with Crippen LogP contribution >= 0.6 is 0 Å². The van der Waals surface area contributed by atoms with Crippen molar-refractivity contribution in [1.29, 1.82) is 0 Å². The maximum absolute atomic E-state index is 12.4. The Labute approximate surface area is 158 Å². The zero-order valence-electron chi connectivity index (χ0n) is 15.8. The Morgan fingerprint density at radius 1 is 0.963 bits per heavy atom. The van der Waals surface area contributed by atoms with E-state index in [0.717, 1.165) is 56.7 Å². The normalized spacial score (nSPS) is 18.8. The lowest BCUT2D eigenvalue weighted by atomic mass is 10.2. The van der Waals surface area contributed by atoms with Crippen LogP contribution in [0.5, 0.6) is 0 Å². The lowest BCUT2D eigenvalue weighted by Crippen LogP contribution is -2.49. The first-order valence-electron chi connectivity index (χ1n) is 9.34. The number of carbonyl (C=O) groups excluding carboxylic acids is 1. The van der Waals surface area contributed by atoms with Gasteiger partial charge in [-0.25, -0.2) is 9.97 Å². The number of carbonyl (C=O) groups is 1. The third kappa shape index (κ3) is 3.87. The monoisotopic (exact) mass is 371 g/mol. The number of aryl methyl sites for hydroxylation is 1. The minimum Gasteiger partial charge on any atom is -0.354 e. The van der Waals surface area contributed by atoms with Crippen LogP contribution in [-0.2, 0) is 0 Å². The molecule has 2 saturated heterocycles. The number of likely N-dealkylation sites (N-methyl/N-ethyl adjacent to an activating group) is 1. The Bertz CT molecular complexity index is 779. The van der Waals surface area contributed by atoms with Crippen LogP contribution in [0.4, 0.5) is 11.6 Å². The summed E-state index contributed by atoms with van der Waals surface area (Å²) in [7, 11) is 2.15. The molecule has 144 valence electrons. The molecule has 2 aliphatic heterocycles. The van der Waals surface area contributed by atoms with E-state index in [0.29, 0.717) is 18.8 Å². The van der Waals surface area contributed by atoms with Gasteiger partial charge >= 0.3 is 0 Å². The Morgan fingerprint density at radius 3 is 2.11 bits per heavy atom. The number of aromatic nitrogens is 3. The highest BCUT2D eigenvalue weighted by Gasteiger charge is 2.26. The van der Waals surface area contributed by atoms with E-state index in [1.165, 1.54) is 6.20 Å². The Morgan fingerprint density at radius 2 is 1.56 bits per heavy atom. The minimum atomic E-state index is -0.107. The summed E-state index contributed by atoms with van der Waals surface area (Å²) in [5.74, 6) is 2.89. The van der Waals surface area contributed by atoms with Crippen LogP contribution in [0.25, 0.3) is 0 Å². The maximum Gasteiger partial charge on any atom is 0.292 e. The van der Waals surface area contributed by atoms with Gasteiger partial charge in [-0.3, -0.25) is 4.79 Å². The van der Waals surface area contributed by atoms with Gasteiger partial charge in [0.25, 0.3) is 5.91 Å². The zero-order valence-corrected chi connectivity index (χ0v) is 15.8. The van der Waals surface area contributed by atoms with Gasteiger partial charge in [0.15, 0.2) is 0 Å². The van der Waals surface area contributed by atoms with E-state index in [-0.39, 0.29) is 5.91 Å². The van der Waals surface area contributed by atoms with Gasteiger partial charge in [-0.1, -0.05) is 5.16 Å². The highest BCUT2D eigenvalue weighted by molar-refractivity contribution is 5.91. The van der Waals surface area contributed by atoms with E-state index >= 15 is 0 Å². The fourth-order valence-electron chi connectivity index (χ4n) is 3.52. The van der Waals surface area contributed by atoms with Crippen molar-refractivity contribution in [2.75, 3.05) is 69.2 Å². The number of anilines is 2. The van der Waals surface area contributed by atoms with E-state index in [2.05, 4.69) is 42.9 Å². The average Bonchev–Trinajstić information content (AvgIpc) is 3.22. The molecule has 2 aromatic rings. The van der Waals surface area contributed by atoms with Crippen molar-refractivity contribution in [3.05, 3.63) is 29.9 Å². The molecule has 0 radical (unpaired) electrons. The standard InChI is InChI=1S/C18H25N7O2/c1-14-20-16(23-7-5-22(2)6-8-23)13-17(21-14)24-9-11-25(12-10-24)18(26)15-3-4-19-27-15/h3-4,13H,5-12H2,1-2H3. The van der Waals surface area contributed by atoms with Crippen LogP contribution in [0.15, 0.2) is 22.9 Å².